The number of esters is 1. The summed E-state index contributed by atoms with van der Waals surface area (Å²) in [6.45, 7) is 0. The van der Waals surface area contributed by atoms with Gasteiger partial charge in [0, 0.05) is 11.7 Å². The van der Waals surface area contributed by atoms with Gasteiger partial charge >= 0.3 is 13.1 Å². The molecular formula is C8H10BNO5. The number of rotatable bonds is 3. The van der Waals surface area contributed by atoms with Crippen molar-refractivity contribution in [2.24, 2.45) is 0 Å². The minimum absolute atomic E-state index is 0.0469. The molecule has 0 aromatic carbocycles. The molecule has 80 valence electrons. The van der Waals surface area contributed by atoms with Crippen molar-refractivity contribution in [3.8, 4) is 5.88 Å². The molecule has 0 saturated heterocycles. The first-order valence-electron chi connectivity index (χ1n) is 4.08. The molecule has 0 aliphatic rings. The number of aromatic nitrogens is 1. The van der Waals surface area contributed by atoms with Gasteiger partial charge in [0.15, 0.2) is 0 Å². The Bertz CT molecular complexity index is 368. The van der Waals surface area contributed by atoms with Crippen LogP contribution in [0.25, 0.3) is 0 Å². The fourth-order valence-electron chi connectivity index (χ4n) is 1.03. The van der Waals surface area contributed by atoms with Crippen LogP contribution < -0.4 is 10.2 Å². The number of ether oxygens (including phenoxy) is 2. The molecule has 0 fully saturated rings. The first kappa shape index (κ1) is 11.5. The first-order valence-corrected chi connectivity index (χ1v) is 4.08. The van der Waals surface area contributed by atoms with E-state index in [0.29, 0.717) is 0 Å². The third-order valence-corrected chi connectivity index (χ3v) is 1.77. The summed E-state index contributed by atoms with van der Waals surface area (Å²) in [5, 5.41) is 17.8. The lowest BCUT2D eigenvalue weighted by Gasteiger charge is -2.07. The molecule has 0 radical (unpaired) electrons. The summed E-state index contributed by atoms with van der Waals surface area (Å²) in [5.74, 6) is -0.576. The number of methoxy groups -OCH3 is 2. The lowest BCUT2D eigenvalue weighted by molar-refractivity contribution is 0.0596. The molecule has 0 saturated carbocycles. The molecule has 15 heavy (non-hydrogen) atoms. The second-order valence-corrected chi connectivity index (χ2v) is 2.69. The van der Waals surface area contributed by atoms with E-state index in [9.17, 15) is 4.79 Å². The number of hydrogen-bond donors (Lipinski definition) is 2. The molecule has 1 aromatic rings. The summed E-state index contributed by atoms with van der Waals surface area (Å²) >= 11 is 0. The van der Waals surface area contributed by atoms with Gasteiger partial charge in [0.1, 0.15) is 5.56 Å². The Kier molecular flexibility index (Phi) is 3.65. The van der Waals surface area contributed by atoms with Crippen LogP contribution >= 0.6 is 0 Å². The van der Waals surface area contributed by atoms with Crippen LogP contribution in [0, 0.1) is 0 Å². The minimum atomic E-state index is -1.69. The van der Waals surface area contributed by atoms with Gasteiger partial charge in [-0.25, -0.2) is 9.78 Å². The van der Waals surface area contributed by atoms with E-state index in [0.717, 1.165) is 0 Å². The lowest BCUT2D eigenvalue weighted by Crippen LogP contribution is -2.31. The molecule has 0 unspecified atom stereocenters. The Morgan fingerprint density at radius 3 is 2.60 bits per heavy atom. The second kappa shape index (κ2) is 4.76. The van der Waals surface area contributed by atoms with Gasteiger partial charge in [-0.15, -0.1) is 0 Å². The van der Waals surface area contributed by atoms with Crippen LogP contribution in [-0.2, 0) is 4.74 Å². The molecule has 0 aliphatic heterocycles. The predicted molar refractivity (Wildman–Crippen MR) is 52.0 cm³/mol. The molecule has 0 atom stereocenters. The Hall–Kier alpha value is -1.60. The van der Waals surface area contributed by atoms with Crippen LogP contribution in [0.5, 0.6) is 5.88 Å². The number of carbonyl (C=O) groups excluding carboxylic acids is 1. The third-order valence-electron chi connectivity index (χ3n) is 1.77. The number of pyridine rings is 1. The van der Waals surface area contributed by atoms with Gasteiger partial charge in [-0.2, -0.15) is 0 Å². The molecule has 0 spiro atoms. The van der Waals surface area contributed by atoms with Crippen LogP contribution in [0.2, 0.25) is 0 Å². The zero-order valence-corrected chi connectivity index (χ0v) is 8.30. The maximum Gasteiger partial charge on any atom is 0.490 e. The van der Waals surface area contributed by atoms with Crippen LogP contribution in [0.15, 0.2) is 12.3 Å². The van der Waals surface area contributed by atoms with Gasteiger partial charge in [-0.1, -0.05) is 0 Å². The number of hydrogen-bond acceptors (Lipinski definition) is 6. The average molecular weight is 211 g/mol. The molecule has 7 heteroatoms. The Labute approximate surface area is 86.6 Å². The smallest absolute Gasteiger partial charge is 0.480 e. The zero-order chi connectivity index (χ0) is 11.4. The molecular weight excluding hydrogens is 201 g/mol. The second-order valence-electron chi connectivity index (χ2n) is 2.69. The van der Waals surface area contributed by atoms with E-state index < -0.39 is 13.1 Å². The summed E-state index contributed by atoms with van der Waals surface area (Å²) in [7, 11) is 0.875. The van der Waals surface area contributed by atoms with E-state index >= 15 is 0 Å². The lowest BCUT2D eigenvalue weighted by atomic mass is 9.81. The van der Waals surface area contributed by atoms with Crippen molar-refractivity contribution in [3.05, 3.63) is 17.8 Å². The molecule has 0 bridgehead atoms. The maximum atomic E-state index is 11.3. The quantitative estimate of drug-likeness (QED) is 0.470. The van der Waals surface area contributed by atoms with Gasteiger partial charge in [-0.3, -0.25) is 0 Å². The Morgan fingerprint density at radius 2 is 2.13 bits per heavy atom. The van der Waals surface area contributed by atoms with E-state index in [4.69, 9.17) is 14.8 Å². The third kappa shape index (κ3) is 2.45. The van der Waals surface area contributed by atoms with Crippen molar-refractivity contribution in [2.75, 3.05) is 14.2 Å². The fourth-order valence-corrected chi connectivity index (χ4v) is 1.03. The Balaban J connectivity index is 3.19. The van der Waals surface area contributed by atoms with Gasteiger partial charge in [-0.05, 0) is 6.07 Å². The topological polar surface area (TPSA) is 88.9 Å². The monoisotopic (exact) mass is 211 g/mol. The van der Waals surface area contributed by atoms with E-state index in [1.807, 2.05) is 0 Å². The normalized spacial score (nSPS) is 9.60. The maximum absolute atomic E-state index is 11.3. The Morgan fingerprint density at radius 1 is 1.47 bits per heavy atom. The molecule has 1 aromatic heterocycles. The first-order chi connectivity index (χ1) is 7.10. The summed E-state index contributed by atoms with van der Waals surface area (Å²) in [5.41, 5.74) is 0.141. The molecule has 1 rings (SSSR count). The SMILES string of the molecule is COC(=O)c1cc(B(O)O)cnc1OC. The van der Waals surface area contributed by atoms with E-state index in [1.54, 1.807) is 0 Å². The fraction of sp³-hybridized carbons (Fsp3) is 0.250. The summed E-state index contributed by atoms with van der Waals surface area (Å²) in [6.07, 6.45) is 1.20. The zero-order valence-electron chi connectivity index (χ0n) is 8.30. The average Bonchev–Trinajstić information content (AvgIpc) is 2.27. The number of nitrogens with zero attached hydrogens (tertiary/aromatic N) is 1. The highest BCUT2D eigenvalue weighted by molar-refractivity contribution is 6.58. The van der Waals surface area contributed by atoms with Gasteiger partial charge < -0.3 is 19.5 Å². The highest BCUT2D eigenvalue weighted by Crippen LogP contribution is 2.13. The molecule has 2 N–H and O–H groups in total. The van der Waals surface area contributed by atoms with Gasteiger partial charge in [0.25, 0.3) is 0 Å². The summed E-state index contributed by atoms with van der Waals surface area (Å²) < 4.78 is 9.32. The van der Waals surface area contributed by atoms with E-state index in [2.05, 4.69) is 9.72 Å². The number of carbonyl (C=O) groups is 1. The van der Waals surface area contributed by atoms with Crippen molar-refractivity contribution in [3.63, 3.8) is 0 Å². The summed E-state index contributed by atoms with van der Waals surface area (Å²) in [6, 6.07) is 1.25. The van der Waals surface area contributed by atoms with Crippen molar-refractivity contribution in [1.82, 2.24) is 4.98 Å². The van der Waals surface area contributed by atoms with E-state index in [1.165, 1.54) is 26.5 Å². The summed E-state index contributed by atoms with van der Waals surface area (Å²) in [4.78, 5) is 15.0. The van der Waals surface area contributed by atoms with Gasteiger partial charge in [0.05, 0.1) is 14.2 Å². The van der Waals surface area contributed by atoms with Crippen LogP contribution in [0.4, 0.5) is 0 Å². The van der Waals surface area contributed by atoms with E-state index in [-0.39, 0.29) is 16.9 Å². The molecule has 1 heterocycles. The van der Waals surface area contributed by atoms with Crippen molar-refractivity contribution in [1.29, 1.82) is 0 Å². The largest absolute Gasteiger partial charge is 0.490 e. The van der Waals surface area contributed by atoms with Crippen molar-refractivity contribution in [2.45, 2.75) is 0 Å². The van der Waals surface area contributed by atoms with Crippen molar-refractivity contribution < 1.29 is 24.3 Å². The standard InChI is InChI=1S/C8H10BNO5/c1-14-7-6(8(11)15-2)3-5(4-10-7)9(12)13/h3-4,12-13H,1-2H3. The molecule has 6 nitrogen and oxygen atoms in total. The van der Waals surface area contributed by atoms with Crippen LogP contribution in [0.3, 0.4) is 0 Å². The highest BCUT2D eigenvalue weighted by atomic mass is 16.5. The van der Waals surface area contributed by atoms with Crippen molar-refractivity contribution >= 4 is 18.6 Å². The predicted octanol–water partition coefficient (Wildman–Crippen LogP) is -1.44. The van der Waals surface area contributed by atoms with Crippen LogP contribution in [-0.4, -0.2) is 42.3 Å². The molecule has 0 aliphatic carbocycles. The minimum Gasteiger partial charge on any atom is -0.480 e. The van der Waals surface area contributed by atoms with Gasteiger partial charge in [0.2, 0.25) is 5.88 Å². The van der Waals surface area contributed by atoms with Crippen LogP contribution in [0.1, 0.15) is 10.4 Å². The molecule has 0 amide bonds. The highest BCUT2D eigenvalue weighted by Gasteiger charge is 2.19.